The molecule has 0 spiro atoms. The molecule has 7 nitrogen and oxygen atoms in total. The van der Waals surface area contributed by atoms with Gasteiger partial charge in [0.15, 0.2) is 0 Å². The molecule has 4 rings (SSSR count). The summed E-state index contributed by atoms with van der Waals surface area (Å²) >= 11 is 0. The quantitative estimate of drug-likeness (QED) is 0.732. The van der Waals surface area contributed by atoms with Crippen LogP contribution in [0.4, 0.5) is 4.79 Å². The smallest absolute Gasteiger partial charge is 0.327 e. The Morgan fingerprint density at radius 3 is 2.60 bits per heavy atom. The van der Waals surface area contributed by atoms with Gasteiger partial charge in [-0.05, 0) is 18.1 Å². The second-order valence-corrected chi connectivity index (χ2v) is 9.51. The molecule has 4 amide bonds. The van der Waals surface area contributed by atoms with Crippen molar-refractivity contribution < 1.29 is 14.4 Å². The Hall–Kier alpha value is -2.96. The molecule has 158 valence electrons. The summed E-state index contributed by atoms with van der Waals surface area (Å²) in [5.41, 5.74) is 0.772. The number of carbonyl (C=O) groups excluding carboxylic acids is 3. The van der Waals surface area contributed by atoms with Crippen LogP contribution in [0, 0.1) is 11.3 Å². The Kier molecular flexibility index (Phi) is 5.00. The van der Waals surface area contributed by atoms with Gasteiger partial charge in [0.25, 0.3) is 11.8 Å². The zero-order valence-electron chi connectivity index (χ0n) is 18.0. The molecule has 2 aliphatic rings. The van der Waals surface area contributed by atoms with Gasteiger partial charge < -0.3 is 9.80 Å². The molecule has 7 heteroatoms. The summed E-state index contributed by atoms with van der Waals surface area (Å²) in [6, 6.07) is 10.4. The molecule has 0 aliphatic carbocycles. The summed E-state index contributed by atoms with van der Waals surface area (Å²) in [6.07, 6.45) is 0. The third kappa shape index (κ3) is 3.64. The fourth-order valence-electron chi connectivity index (χ4n) is 4.39. The Morgan fingerprint density at radius 2 is 1.87 bits per heavy atom. The molecule has 1 aromatic heterocycles. The minimum Gasteiger partial charge on any atom is -0.334 e. The van der Waals surface area contributed by atoms with Crippen molar-refractivity contribution >= 4 is 28.7 Å². The molecule has 0 N–H and O–H groups in total. The van der Waals surface area contributed by atoms with Gasteiger partial charge in [0.2, 0.25) is 0 Å². The average Bonchev–Trinajstić information content (AvgIpc) is 2.83. The molecular weight excluding hydrogens is 380 g/mol. The standard InChI is InChI=1S/C23H28N4O3/c1-15(2)11-26-21(29)19-12-25(13-23(3,4)14-27(19)22(26)30)20(28)18-10-9-16-7-5-6-8-17(16)24-18/h5-10,15,19H,11-14H2,1-4H3. The van der Waals surface area contributed by atoms with Crippen molar-refractivity contribution in [2.75, 3.05) is 26.2 Å². The first kappa shape index (κ1) is 20.3. The van der Waals surface area contributed by atoms with Gasteiger partial charge in [0, 0.05) is 30.4 Å². The SMILES string of the molecule is CC(C)CN1C(=O)C2CN(C(=O)c3ccc4ccccc4n3)CC(C)(C)CN2C1=O. The lowest BCUT2D eigenvalue weighted by atomic mass is 9.92. The summed E-state index contributed by atoms with van der Waals surface area (Å²) in [5.74, 6) is -0.233. The Bertz CT molecular complexity index is 1020. The Morgan fingerprint density at radius 1 is 1.13 bits per heavy atom. The molecule has 2 aromatic rings. The fraction of sp³-hybridized carbons (Fsp3) is 0.478. The largest absolute Gasteiger partial charge is 0.334 e. The zero-order chi connectivity index (χ0) is 21.6. The van der Waals surface area contributed by atoms with Crippen molar-refractivity contribution in [3.05, 3.63) is 42.1 Å². The van der Waals surface area contributed by atoms with Crippen molar-refractivity contribution in [1.82, 2.24) is 19.7 Å². The molecule has 1 unspecified atom stereocenters. The maximum absolute atomic E-state index is 13.4. The van der Waals surface area contributed by atoms with Crippen LogP contribution in [-0.2, 0) is 4.79 Å². The lowest BCUT2D eigenvalue weighted by Crippen LogP contribution is -2.44. The first-order valence-corrected chi connectivity index (χ1v) is 10.4. The van der Waals surface area contributed by atoms with E-state index >= 15 is 0 Å². The second-order valence-electron chi connectivity index (χ2n) is 9.51. The highest BCUT2D eigenvalue weighted by atomic mass is 16.2. The van der Waals surface area contributed by atoms with Gasteiger partial charge >= 0.3 is 6.03 Å². The molecule has 0 saturated carbocycles. The number of rotatable bonds is 3. The zero-order valence-corrected chi connectivity index (χ0v) is 18.0. The van der Waals surface area contributed by atoms with Gasteiger partial charge in [0.1, 0.15) is 11.7 Å². The third-order valence-corrected chi connectivity index (χ3v) is 5.67. The molecule has 2 fully saturated rings. The van der Waals surface area contributed by atoms with Crippen LogP contribution in [0.5, 0.6) is 0 Å². The lowest BCUT2D eigenvalue weighted by Gasteiger charge is -2.30. The molecule has 2 aliphatic heterocycles. The van der Waals surface area contributed by atoms with Gasteiger partial charge in [-0.1, -0.05) is 52.0 Å². The fourth-order valence-corrected chi connectivity index (χ4v) is 4.39. The van der Waals surface area contributed by atoms with Crippen LogP contribution in [0.3, 0.4) is 0 Å². The highest BCUT2D eigenvalue weighted by Crippen LogP contribution is 2.31. The van der Waals surface area contributed by atoms with Crippen LogP contribution >= 0.6 is 0 Å². The van der Waals surface area contributed by atoms with E-state index in [0.717, 1.165) is 10.9 Å². The van der Waals surface area contributed by atoms with Crippen molar-refractivity contribution in [2.45, 2.75) is 33.7 Å². The average molecular weight is 409 g/mol. The lowest BCUT2D eigenvalue weighted by molar-refractivity contribution is -0.128. The molecule has 3 heterocycles. The highest BCUT2D eigenvalue weighted by molar-refractivity contribution is 6.05. The normalized spacial score (nSPS) is 21.4. The number of carbonyl (C=O) groups is 3. The number of hydrogen-bond donors (Lipinski definition) is 0. The van der Waals surface area contributed by atoms with Crippen molar-refractivity contribution in [3.63, 3.8) is 0 Å². The highest BCUT2D eigenvalue weighted by Gasteiger charge is 2.50. The first-order valence-electron chi connectivity index (χ1n) is 10.4. The number of amides is 4. The molecular formula is C23H28N4O3. The van der Waals surface area contributed by atoms with Gasteiger partial charge in [0.05, 0.1) is 12.1 Å². The molecule has 2 saturated heterocycles. The van der Waals surface area contributed by atoms with E-state index in [1.165, 1.54) is 4.90 Å². The molecule has 1 aromatic carbocycles. The number of hydrogen-bond acceptors (Lipinski definition) is 4. The van der Waals surface area contributed by atoms with E-state index in [4.69, 9.17) is 0 Å². The van der Waals surface area contributed by atoms with Gasteiger partial charge in [-0.15, -0.1) is 0 Å². The van der Waals surface area contributed by atoms with Gasteiger partial charge in [-0.2, -0.15) is 0 Å². The minimum absolute atomic E-state index is 0.189. The van der Waals surface area contributed by atoms with Crippen molar-refractivity contribution in [3.8, 4) is 0 Å². The van der Waals surface area contributed by atoms with Gasteiger partial charge in [-0.25, -0.2) is 9.78 Å². The summed E-state index contributed by atoms with van der Waals surface area (Å²) in [4.78, 5) is 48.5. The van der Waals surface area contributed by atoms with Crippen LogP contribution in [0.1, 0.15) is 38.2 Å². The number of pyridine rings is 1. The van der Waals surface area contributed by atoms with E-state index in [0.29, 0.717) is 25.3 Å². The second kappa shape index (κ2) is 7.38. The number of fused-ring (bicyclic) bond motifs is 2. The van der Waals surface area contributed by atoms with E-state index in [2.05, 4.69) is 4.98 Å². The predicted octanol–water partition coefficient (Wildman–Crippen LogP) is 3.01. The van der Waals surface area contributed by atoms with E-state index in [9.17, 15) is 14.4 Å². The summed E-state index contributed by atoms with van der Waals surface area (Å²) in [5, 5.41) is 0.970. The molecule has 0 radical (unpaired) electrons. The predicted molar refractivity (Wildman–Crippen MR) is 114 cm³/mol. The monoisotopic (exact) mass is 408 g/mol. The molecule has 0 bridgehead atoms. The van der Waals surface area contributed by atoms with Gasteiger partial charge in [-0.3, -0.25) is 14.5 Å². The molecule has 30 heavy (non-hydrogen) atoms. The summed E-state index contributed by atoms with van der Waals surface area (Å²) in [7, 11) is 0. The number of aromatic nitrogens is 1. The van der Waals surface area contributed by atoms with Crippen LogP contribution < -0.4 is 0 Å². The van der Waals surface area contributed by atoms with E-state index in [-0.39, 0.29) is 35.7 Å². The van der Waals surface area contributed by atoms with Crippen molar-refractivity contribution in [1.29, 1.82) is 0 Å². The van der Waals surface area contributed by atoms with Crippen LogP contribution in [0.2, 0.25) is 0 Å². The number of urea groups is 1. The summed E-state index contributed by atoms with van der Waals surface area (Å²) in [6.45, 7) is 9.48. The van der Waals surface area contributed by atoms with E-state index in [1.54, 1.807) is 15.9 Å². The van der Waals surface area contributed by atoms with Crippen LogP contribution in [0.15, 0.2) is 36.4 Å². The van der Waals surface area contributed by atoms with Crippen molar-refractivity contribution in [2.24, 2.45) is 11.3 Å². The number of nitrogens with zero attached hydrogens (tertiary/aromatic N) is 4. The number of benzene rings is 1. The topological polar surface area (TPSA) is 73.8 Å². The van der Waals surface area contributed by atoms with E-state index < -0.39 is 6.04 Å². The first-order chi connectivity index (χ1) is 14.2. The Balaban J connectivity index is 1.64. The molecule has 1 atom stereocenters. The third-order valence-electron chi connectivity index (χ3n) is 5.67. The number of imide groups is 1. The van der Waals surface area contributed by atoms with Crippen LogP contribution in [0.25, 0.3) is 10.9 Å². The summed E-state index contributed by atoms with van der Waals surface area (Å²) < 4.78 is 0. The Labute approximate surface area is 176 Å². The maximum atomic E-state index is 13.4. The van der Waals surface area contributed by atoms with E-state index in [1.807, 2.05) is 58.0 Å². The maximum Gasteiger partial charge on any atom is 0.327 e. The van der Waals surface area contributed by atoms with Crippen LogP contribution in [-0.4, -0.2) is 69.8 Å². The number of para-hydroxylation sites is 1. The minimum atomic E-state index is -0.637.